The third-order valence-corrected chi connectivity index (χ3v) is 4.22. The molecule has 27 heavy (non-hydrogen) atoms. The van der Waals surface area contributed by atoms with E-state index in [-0.39, 0.29) is 12.4 Å². The lowest BCUT2D eigenvalue weighted by atomic mass is 10.1. The number of para-hydroxylation sites is 1. The van der Waals surface area contributed by atoms with Gasteiger partial charge in [-0.25, -0.2) is 0 Å². The Hall–Kier alpha value is -3.11. The standard InChI is InChI=1S/C22H19N3O.ClH/c1-2-4-22-21(3-1)19(15-25-22)9-12-26-20-13-18(14-24-16-20)6-5-17-7-10-23-11-8-17;/h1-8,10-11,13-16,25H,9,12H2;1H. The van der Waals surface area contributed by atoms with Gasteiger partial charge in [0.15, 0.2) is 0 Å². The van der Waals surface area contributed by atoms with E-state index in [1.165, 1.54) is 10.9 Å². The van der Waals surface area contributed by atoms with Gasteiger partial charge in [0.05, 0.1) is 12.8 Å². The summed E-state index contributed by atoms with van der Waals surface area (Å²) >= 11 is 0. The summed E-state index contributed by atoms with van der Waals surface area (Å²) in [7, 11) is 0. The normalized spacial score (nSPS) is 10.8. The number of benzene rings is 1. The second-order valence-electron chi connectivity index (χ2n) is 6.03. The average Bonchev–Trinajstić information content (AvgIpc) is 3.11. The van der Waals surface area contributed by atoms with E-state index < -0.39 is 0 Å². The molecule has 0 amide bonds. The first kappa shape index (κ1) is 18.7. The molecule has 0 bridgehead atoms. The topological polar surface area (TPSA) is 50.8 Å². The molecule has 0 aliphatic carbocycles. The summed E-state index contributed by atoms with van der Waals surface area (Å²) in [5.74, 6) is 0.779. The Labute approximate surface area is 164 Å². The van der Waals surface area contributed by atoms with Crippen molar-refractivity contribution in [2.24, 2.45) is 0 Å². The number of nitrogens with one attached hydrogen (secondary N) is 1. The number of aromatic amines is 1. The lowest BCUT2D eigenvalue weighted by Crippen LogP contribution is -2.01. The van der Waals surface area contributed by atoms with Crippen molar-refractivity contribution in [3.05, 3.63) is 90.1 Å². The molecule has 4 rings (SSSR count). The van der Waals surface area contributed by atoms with Gasteiger partial charge in [-0.2, -0.15) is 0 Å². The maximum atomic E-state index is 5.90. The van der Waals surface area contributed by atoms with Crippen molar-refractivity contribution in [2.45, 2.75) is 6.42 Å². The molecule has 4 nitrogen and oxygen atoms in total. The van der Waals surface area contributed by atoms with Crippen molar-refractivity contribution in [3.63, 3.8) is 0 Å². The van der Waals surface area contributed by atoms with Crippen molar-refractivity contribution >= 4 is 35.5 Å². The fraction of sp³-hybridized carbons (Fsp3) is 0.0909. The van der Waals surface area contributed by atoms with E-state index in [9.17, 15) is 0 Å². The highest BCUT2D eigenvalue weighted by Crippen LogP contribution is 2.19. The molecular weight excluding hydrogens is 358 g/mol. The van der Waals surface area contributed by atoms with Crippen LogP contribution in [0.3, 0.4) is 0 Å². The third-order valence-electron chi connectivity index (χ3n) is 4.22. The molecule has 0 aliphatic heterocycles. The van der Waals surface area contributed by atoms with Gasteiger partial charge >= 0.3 is 0 Å². The van der Waals surface area contributed by atoms with Crippen LogP contribution in [0, 0.1) is 0 Å². The van der Waals surface area contributed by atoms with E-state index in [2.05, 4.69) is 39.3 Å². The molecular formula is C22H20ClN3O. The van der Waals surface area contributed by atoms with Crippen LogP contribution < -0.4 is 4.74 Å². The Bertz CT molecular complexity index is 1030. The second kappa shape index (κ2) is 9.01. The Morgan fingerprint density at radius 2 is 1.74 bits per heavy atom. The first-order valence-electron chi connectivity index (χ1n) is 8.59. The minimum absolute atomic E-state index is 0. The van der Waals surface area contributed by atoms with E-state index >= 15 is 0 Å². The molecule has 1 aromatic carbocycles. The van der Waals surface area contributed by atoms with Crippen molar-refractivity contribution < 1.29 is 4.74 Å². The predicted octanol–water partition coefficient (Wildman–Crippen LogP) is 5.17. The lowest BCUT2D eigenvalue weighted by molar-refractivity contribution is 0.321. The van der Waals surface area contributed by atoms with Gasteiger partial charge in [-0.15, -0.1) is 12.4 Å². The summed E-state index contributed by atoms with van der Waals surface area (Å²) in [5, 5.41) is 1.25. The van der Waals surface area contributed by atoms with Crippen LogP contribution in [0.1, 0.15) is 16.7 Å². The molecule has 3 heterocycles. The fourth-order valence-corrected chi connectivity index (χ4v) is 2.89. The van der Waals surface area contributed by atoms with Crippen LogP contribution in [0.15, 0.2) is 73.4 Å². The van der Waals surface area contributed by atoms with E-state index in [0.29, 0.717) is 6.61 Å². The minimum atomic E-state index is 0. The molecule has 4 aromatic rings. The zero-order valence-electron chi connectivity index (χ0n) is 14.7. The molecule has 0 saturated heterocycles. The summed E-state index contributed by atoms with van der Waals surface area (Å²) < 4.78 is 5.90. The number of fused-ring (bicyclic) bond motifs is 1. The van der Waals surface area contributed by atoms with Gasteiger partial charge in [0, 0.05) is 42.1 Å². The number of hydrogen-bond donors (Lipinski definition) is 1. The van der Waals surface area contributed by atoms with Gasteiger partial charge in [-0.05, 0) is 41.0 Å². The fourth-order valence-electron chi connectivity index (χ4n) is 2.89. The van der Waals surface area contributed by atoms with Gasteiger partial charge in [0.1, 0.15) is 5.75 Å². The van der Waals surface area contributed by atoms with Crippen LogP contribution in [0.4, 0.5) is 0 Å². The maximum Gasteiger partial charge on any atom is 0.138 e. The van der Waals surface area contributed by atoms with Crippen LogP contribution in [0.2, 0.25) is 0 Å². The molecule has 0 atom stereocenters. The molecule has 5 heteroatoms. The summed E-state index contributed by atoms with van der Waals surface area (Å²) in [5.41, 5.74) is 4.53. The molecule has 0 saturated carbocycles. The largest absolute Gasteiger partial charge is 0.492 e. The van der Waals surface area contributed by atoms with Crippen molar-refractivity contribution in [1.82, 2.24) is 15.0 Å². The number of nitrogens with zero attached hydrogens (tertiary/aromatic N) is 2. The first-order chi connectivity index (χ1) is 12.9. The number of aromatic nitrogens is 3. The summed E-state index contributed by atoms with van der Waals surface area (Å²) in [4.78, 5) is 11.6. The molecule has 136 valence electrons. The Morgan fingerprint density at radius 3 is 2.63 bits per heavy atom. The van der Waals surface area contributed by atoms with E-state index in [1.807, 2.05) is 42.6 Å². The summed E-state index contributed by atoms with van der Waals surface area (Å²) in [6.45, 7) is 0.612. The molecule has 0 aliphatic rings. The monoisotopic (exact) mass is 377 g/mol. The quantitative estimate of drug-likeness (QED) is 0.504. The van der Waals surface area contributed by atoms with Crippen molar-refractivity contribution in [1.29, 1.82) is 0 Å². The van der Waals surface area contributed by atoms with Gasteiger partial charge in [0.2, 0.25) is 0 Å². The zero-order chi connectivity index (χ0) is 17.6. The molecule has 1 N–H and O–H groups in total. The molecule has 0 unspecified atom stereocenters. The highest BCUT2D eigenvalue weighted by Gasteiger charge is 2.03. The predicted molar refractivity (Wildman–Crippen MR) is 112 cm³/mol. The smallest absolute Gasteiger partial charge is 0.138 e. The van der Waals surface area contributed by atoms with Crippen LogP contribution in [0.25, 0.3) is 23.1 Å². The van der Waals surface area contributed by atoms with Crippen molar-refractivity contribution in [2.75, 3.05) is 6.61 Å². The van der Waals surface area contributed by atoms with Crippen LogP contribution >= 0.6 is 12.4 Å². The molecule has 3 aromatic heterocycles. The molecule has 0 fully saturated rings. The van der Waals surface area contributed by atoms with Crippen LogP contribution in [-0.4, -0.2) is 21.6 Å². The third kappa shape index (κ3) is 4.74. The first-order valence-corrected chi connectivity index (χ1v) is 8.59. The van der Waals surface area contributed by atoms with Gasteiger partial charge in [0.25, 0.3) is 0 Å². The van der Waals surface area contributed by atoms with Crippen molar-refractivity contribution in [3.8, 4) is 5.75 Å². The Balaban J connectivity index is 0.00000210. The number of H-pyrrole nitrogens is 1. The van der Waals surface area contributed by atoms with E-state index in [0.717, 1.165) is 28.8 Å². The lowest BCUT2D eigenvalue weighted by Gasteiger charge is -2.06. The van der Waals surface area contributed by atoms with Crippen LogP contribution in [0.5, 0.6) is 5.75 Å². The number of pyridine rings is 2. The van der Waals surface area contributed by atoms with E-state index in [4.69, 9.17) is 4.74 Å². The summed E-state index contributed by atoms with van der Waals surface area (Å²) in [6, 6.07) is 14.2. The SMILES string of the molecule is C(=Cc1cncc(OCCc2c[nH]c3ccccc23)c1)c1ccncc1.Cl. The number of rotatable bonds is 6. The van der Waals surface area contributed by atoms with Gasteiger partial charge in [-0.3, -0.25) is 9.97 Å². The van der Waals surface area contributed by atoms with Crippen LogP contribution in [-0.2, 0) is 6.42 Å². The molecule has 0 radical (unpaired) electrons. The number of hydrogen-bond acceptors (Lipinski definition) is 3. The maximum absolute atomic E-state index is 5.90. The highest BCUT2D eigenvalue weighted by molar-refractivity contribution is 5.85. The second-order valence-corrected chi connectivity index (χ2v) is 6.03. The Kier molecular flexibility index (Phi) is 6.23. The number of halogens is 1. The summed E-state index contributed by atoms with van der Waals surface area (Å²) in [6.07, 6.45) is 14.1. The highest BCUT2D eigenvalue weighted by atomic mass is 35.5. The minimum Gasteiger partial charge on any atom is -0.492 e. The van der Waals surface area contributed by atoms with Gasteiger partial charge < -0.3 is 9.72 Å². The van der Waals surface area contributed by atoms with E-state index in [1.54, 1.807) is 18.6 Å². The average molecular weight is 378 g/mol. The zero-order valence-corrected chi connectivity index (χ0v) is 15.5. The van der Waals surface area contributed by atoms with Gasteiger partial charge in [-0.1, -0.05) is 30.4 Å². The molecule has 0 spiro atoms. The Morgan fingerprint density at radius 1 is 0.926 bits per heavy atom. The number of ether oxygens (including phenoxy) is 1.